The zero-order valence-corrected chi connectivity index (χ0v) is 13.1. The van der Waals surface area contributed by atoms with Crippen LogP contribution >= 0.6 is 11.6 Å². The lowest BCUT2D eigenvalue weighted by atomic mass is 10.0. The van der Waals surface area contributed by atoms with E-state index in [1.54, 1.807) is 0 Å². The van der Waals surface area contributed by atoms with Gasteiger partial charge in [-0.05, 0) is 11.1 Å². The van der Waals surface area contributed by atoms with E-state index in [-0.39, 0.29) is 25.0 Å². The highest BCUT2D eigenvalue weighted by molar-refractivity contribution is 6.18. The predicted octanol–water partition coefficient (Wildman–Crippen LogP) is 3.69. The van der Waals surface area contributed by atoms with E-state index in [1.807, 2.05) is 48.5 Å². The van der Waals surface area contributed by atoms with Crippen LogP contribution in [0, 0.1) is 0 Å². The van der Waals surface area contributed by atoms with Gasteiger partial charge >= 0.3 is 5.97 Å². The van der Waals surface area contributed by atoms with Crippen molar-refractivity contribution in [2.75, 3.05) is 12.5 Å². The Hall–Kier alpha value is -1.84. The van der Waals surface area contributed by atoms with Gasteiger partial charge in [0.05, 0.1) is 12.3 Å². The van der Waals surface area contributed by atoms with Crippen LogP contribution in [0.4, 0.5) is 0 Å². The molecule has 0 spiro atoms. The molecule has 0 radical (unpaired) electrons. The molecule has 2 aromatic rings. The molecular formula is C18H20ClNO2. The van der Waals surface area contributed by atoms with E-state index in [2.05, 4.69) is 17.4 Å². The SMILES string of the molecule is O=C(CC(NCc1ccccc1)c1ccccc1)OCCCl. The van der Waals surface area contributed by atoms with Gasteiger partial charge in [-0.25, -0.2) is 0 Å². The highest BCUT2D eigenvalue weighted by Gasteiger charge is 2.16. The monoisotopic (exact) mass is 317 g/mol. The number of ether oxygens (including phenoxy) is 1. The second-order valence-corrected chi connectivity index (χ2v) is 5.32. The normalized spacial score (nSPS) is 11.9. The Morgan fingerprint density at radius 2 is 1.68 bits per heavy atom. The Kier molecular flexibility index (Phi) is 6.94. The third-order valence-corrected chi connectivity index (χ3v) is 3.46. The van der Waals surface area contributed by atoms with Gasteiger partial charge in [-0.1, -0.05) is 60.7 Å². The van der Waals surface area contributed by atoms with Gasteiger partial charge in [-0.2, -0.15) is 0 Å². The molecule has 2 aromatic carbocycles. The number of carbonyl (C=O) groups is 1. The van der Waals surface area contributed by atoms with Gasteiger partial charge in [0.15, 0.2) is 0 Å². The van der Waals surface area contributed by atoms with Crippen LogP contribution in [0.15, 0.2) is 60.7 Å². The molecule has 0 saturated carbocycles. The summed E-state index contributed by atoms with van der Waals surface area (Å²) >= 11 is 5.55. The Labute approximate surface area is 136 Å². The van der Waals surface area contributed by atoms with Crippen LogP contribution in [0.1, 0.15) is 23.6 Å². The second-order valence-electron chi connectivity index (χ2n) is 4.94. The maximum Gasteiger partial charge on any atom is 0.307 e. The Morgan fingerprint density at radius 1 is 1.05 bits per heavy atom. The molecule has 0 bridgehead atoms. The van der Waals surface area contributed by atoms with Crippen molar-refractivity contribution in [3.63, 3.8) is 0 Å². The third-order valence-electron chi connectivity index (χ3n) is 3.31. The van der Waals surface area contributed by atoms with Gasteiger partial charge in [0.2, 0.25) is 0 Å². The van der Waals surface area contributed by atoms with Crippen LogP contribution in [0.5, 0.6) is 0 Å². The van der Waals surface area contributed by atoms with Crippen molar-refractivity contribution in [2.24, 2.45) is 0 Å². The van der Waals surface area contributed by atoms with Crippen LogP contribution < -0.4 is 5.32 Å². The van der Waals surface area contributed by atoms with E-state index in [0.29, 0.717) is 12.4 Å². The smallest absolute Gasteiger partial charge is 0.307 e. The largest absolute Gasteiger partial charge is 0.464 e. The van der Waals surface area contributed by atoms with Crippen molar-refractivity contribution in [2.45, 2.75) is 19.0 Å². The number of carbonyl (C=O) groups excluding carboxylic acids is 1. The van der Waals surface area contributed by atoms with Crippen LogP contribution in [-0.4, -0.2) is 18.5 Å². The number of nitrogens with one attached hydrogen (secondary N) is 1. The molecule has 1 unspecified atom stereocenters. The molecule has 0 fully saturated rings. The van der Waals surface area contributed by atoms with Crippen LogP contribution in [0.2, 0.25) is 0 Å². The summed E-state index contributed by atoms with van der Waals surface area (Å²) in [5, 5.41) is 3.43. The predicted molar refractivity (Wildman–Crippen MR) is 88.8 cm³/mol. The fraction of sp³-hybridized carbons (Fsp3) is 0.278. The van der Waals surface area contributed by atoms with Crippen molar-refractivity contribution in [3.8, 4) is 0 Å². The van der Waals surface area contributed by atoms with E-state index in [4.69, 9.17) is 16.3 Å². The zero-order valence-electron chi connectivity index (χ0n) is 12.4. The van der Waals surface area contributed by atoms with Crippen molar-refractivity contribution >= 4 is 17.6 Å². The molecule has 0 aromatic heterocycles. The fourth-order valence-corrected chi connectivity index (χ4v) is 2.29. The van der Waals surface area contributed by atoms with E-state index in [0.717, 1.165) is 5.56 Å². The number of benzene rings is 2. The summed E-state index contributed by atoms with van der Waals surface area (Å²) in [6.45, 7) is 0.948. The molecule has 0 saturated heterocycles. The molecule has 0 aliphatic carbocycles. The summed E-state index contributed by atoms with van der Waals surface area (Å²) in [6, 6.07) is 20.0. The molecule has 0 amide bonds. The lowest BCUT2D eigenvalue weighted by Gasteiger charge is -2.18. The molecule has 1 N–H and O–H groups in total. The van der Waals surface area contributed by atoms with Crippen molar-refractivity contribution in [3.05, 3.63) is 71.8 Å². The first-order chi connectivity index (χ1) is 10.8. The third kappa shape index (κ3) is 5.51. The summed E-state index contributed by atoms with van der Waals surface area (Å²) in [6.07, 6.45) is 0.285. The lowest BCUT2D eigenvalue weighted by molar-refractivity contribution is -0.143. The number of rotatable bonds is 8. The van der Waals surface area contributed by atoms with E-state index < -0.39 is 0 Å². The molecule has 0 aliphatic rings. The molecular weight excluding hydrogens is 298 g/mol. The number of esters is 1. The van der Waals surface area contributed by atoms with Gasteiger partial charge in [-0.3, -0.25) is 4.79 Å². The van der Waals surface area contributed by atoms with Crippen molar-refractivity contribution in [1.82, 2.24) is 5.32 Å². The minimum absolute atomic E-state index is 0.0794. The van der Waals surface area contributed by atoms with E-state index in [9.17, 15) is 4.79 Å². The highest BCUT2D eigenvalue weighted by Crippen LogP contribution is 2.18. The molecule has 4 heteroatoms. The average molecular weight is 318 g/mol. The lowest BCUT2D eigenvalue weighted by Crippen LogP contribution is -2.24. The van der Waals surface area contributed by atoms with Gasteiger partial charge in [-0.15, -0.1) is 11.6 Å². The summed E-state index contributed by atoms with van der Waals surface area (Å²) in [4.78, 5) is 11.9. The maximum atomic E-state index is 11.9. The number of halogens is 1. The average Bonchev–Trinajstić information content (AvgIpc) is 2.58. The summed E-state index contributed by atoms with van der Waals surface area (Å²) in [5.74, 6) is 0.0780. The highest BCUT2D eigenvalue weighted by atomic mass is 35.5. The minimum Gasteiger partial charge on any atom is -0.464 e. The molecule has 0 heterocycles. The Morgan fingerprint density at radius 3 is 2.32 bits per heavy atom. The first-order valence-corrected chi connectivity index (χ1v) is 7.87. The van der Waals surface area contributed by atoms with Crippen LogP contribution in [0.3, 0.4) is 0 Å². The zero-order chi connectivity index (χ0) is 15.6. The van der Waals surface area contributed by atoms with Gasteiger partial charge in [0.25, 0.3) is 0 Å². The molecule has 1 atom stereocenters. The van der Waals surface area contributed by atoms with E-state index in [1.165, 1.54) is 5.56 Å². The molecule has 22 heavy (non-hydrogen) atoms. The standard InChI is InChI=1S/C18H20ClNO2/c19-11-12-22-18(21)13-17(16-9-5-2-6-10-16)20-14-15-7-3-1-4-8-15/h1-10,17,20H,11-14H2. The topological polar surface area (TPSA) is 38.3 Å². The number of alkyl halides is 1. The van der Waals surface area contributed by atoms with Crippen molar-refractivity contribution < 1.29 is 9.53 Å². The number of hydrogen-bond donors (Lipinski definition) is 1. The summed E-state index contributed by atoms with van der Waals surface area (Å²) in [5.41, 5.74) is 2.25. The second kappa shape index (κ2) is 9.23. The maximum absolute atomic E-state index is 11.9. The Bertz CT molecular complexity index is 560. The van der Waals surface area contributed by atoms with Gasteiger partial charge < -0.3 is 10.1 Å². The van der Waals surface area contributed by atoms with Crippen LogP contribution in [-0.2, 0) is 16.1 Å². The van der Waals surface area contributed by atoms with Gasteiger partial charge in [0.1, 0.15) is 6.61 Å². The molecule has 3 nitrogen and oxygen atoms in total. The summed E-state index contributed by atoms with van der Waals surface area (Å²) in [7, 11) is 0. The fourth-order valence-electron chi connectivity index (χ4n) is 2.21. The molecule has 116 valence electrons. The molecule has 0 aliphatic heterocycles. The van der Waals surface area contributed by atoms with E-state index >= 15 is 0 Å². The minimum atomic E-state index is -0.241. The quantitative estimate of drug-likeness (QED) is 0.596. The van der Waals surface area contributed by atoms with Gasteiger partial charge in [0, 0.05) is 12.6 Å². The Balaban J connectivity index is 2.00. The molecule has 2 rings (SSSR count). The first kappa shape index (κ1) is 16.5. The number of hydrogen-bond acceptors (Lipinski definition) is 3. The van der Waals surface area contributed by atoms with Crippen LogP contribution in [0.25, 0.3) is 0 Å². The summed E-state index contributed by atoms with van der Waals surface area (Å²) < 4.78 is 5.08. The van der Waals surface area contributed by atoms with Crippen molar-refractivity contribution in [1.29, 1.82) is 0 Å². The first-order valence-electron chi connectivity index (χ1n) is 7.33.